The minimum atomic E-state index is -0.348. The third-order valence-electron chi connectivity index (χ3n) is 3.74. The molecule has 27 heavy (non-hydrogen) atoms. The molecule has 0 saturated heterocycles. The molecule has 8 nitrogen and oxygen atoms in total. The van der Waals surface area contributed by atoms with Gasteiger partial charge in [-0.2, -0.15) is 0 Å². The second kappa shape index (κ2) is 10.3. The van der Waals surface area contributed by atoms with Gasteiger partial charge in [-0.25, -0.2) is 4.79 Å². The highest BCUT2D eigenvalue weighted by atomic mass is 16.5. The van der Waals surface area contributed by atoms with Crippen LogP contribution in [-0.2, 0) is 9.53 Å². The van der Waals surface area contributed by atoms with Crippen LogP contribution in [0.5, 0.6) is 0 Å². The van der Waals surface area contributed by atoms with Crippen molar-refractivity contribution in [1.82, 2.24) is 10.1 Å². The van der Waals surface area contributed by atoms with E-state index in [-0.39, 0.29) is 18.5 Å². The molecule has 2 rings (SSSR count). The monoisotopic (exact) mass is 374 g/mol. The van der Waals surface area contributed by atoms with Gasteiger partial charge in [0.25, 0.3) is 0 Å². The van der Waals surface area contributed by atoms with Crippen molar-refractivity contribution in [3.63, 3.8) is 0 Å². The Balaban J connectivity index is 1.96. The lowest BCUT2D eigenvalue weighted by atomic mass is 10.2. The number of aromatic nitrogens is 1. The molecule has 8 heteroatoms. The van der Waals surface area contributed by atoms with E-state index in [1.807, 2.05) is 38.1 Å². The smallest absolute Gasteiger partial charge is 0.322 e. The van der Waals surface area contributed by atoms with Crippen LogP contribution in [0.1, 0.15) is 24.7 Å². The minimum absolute atomic E-state index is 0.101. The standard InChI is InChI=1S/C19H26N4O4/c1-4-26-11-5-10-23(13-18(24)21-17-12-15(3)27-22-17)19(25)20-16-8-6-14(2)7-9-16/h6-9,12H,4-5,10-11,13H2,1-3H3,(H,20,25)(H,21,22,24). The van der Waals surface area contributed by atoms with Crippen LogP contribution in [-0.4, -0.2) is 48.3 Å². The Morgan fingerprint density at radius 2 is 1.93 bits per heavy atom. The molecular formula is C19H26N4O4. The van der Waals surface area contributed by atoms with Crippen molar-refractivity contribution in [2.24, 2.45) is 0 Å². The molecule has 0 aliphatic carbocycles. The molecule has 0 atom stereocenters. The summed E-state index contributed by atoms with van der Waals surface area (Å²) < 4.78 is 10.2. The molecule has 146 valence electrons. The summed E-state index contributed by atoms with van der Waals surface area (Å²) in [6.45, 7) is 7.05. The molecule has 0 spiro atoms. The first-order chi connectivity index (χ1) is 13.0. The lowest BCUT2D eigenvalue weighted by Crippen LogP contribution is -2.41. The topological polar surface area (TPSA) is 96.7 Å². The molecule has 2 aromatic rings. The van der Waals surface area contributed by atoms with Crippen LogP contribution in [0.15, 0.2) is 34.9 Å². The van der Waals surface area contributed by atoms with Gasteiger partial charge >= 0.3 is 6.03 Å². The highest BCUT2D eigenvalue weighted by Crippen LogP contribution is 2.11. The molecule has 0 aliphatic heterocycles. The van der Waals surface area contributed by atoms with Crippen molar-refractivity contribution in [3.8, 4) is 0 Å². The fourth-order valence-corrected chi connectivity index (χ4v) is 2.37. The number of urea groups is 1. The van der Waals surface area contributed by atoms with Crippen LogP contribution in [0.2, 0.25) is 0 Å². The summed E-state index contributed by atoms with van der Waals surface area (Å²) in [6, 6.07) is 8.74. The molecule has 0 saturated carbocycles. The number of benzene rings is 1. The predicted molar refractivity (Wildman–Crippen MR) is 103 cm³/mol. The van der Waals surface area contributed by atoms with E-state index in [9.17, 15) is 9.59 Å². The summed E-state index contributed by atoms with van der Waals surface area (Å²) in [5, 5.41) is 9.16. The van der Waals surface area contributed by atoms with E-state index in [0.29, 0.717) is 43.4 Å². The lowest BCUT2D eigenvalue weighted by molar-refractivity contribution is -0.116. The largest absolute Gasteiger partial charge is 0.382 e. The van der Waals surface area contributed by atoms with Gasteiger partial charge < -0.3 is 24.8 Å². The molecule has 0 unspecified atom stereocenters. The van der Waals surface area contributed by atoms with E-state index >= 15 is 0 Å². The molecule has 1 aromatic carbocycles. The normalized spacial score (nSPS) is 10.5. The highest BCUT2D eigenvalue weighted by molar-refractivity contribution is 5.96. The number of carbonyl (C=O) groups is 2. The molecule has 0 fully saturated rings. The second-order valence-electron chi connectivity index (χ2n) is 6.14. The molecule has 0 bridgehead atoms. The summed E-state index contributed by atoms with van der Waals surface area (Å²) in [7, 11) is 0. The van der Waals surface area contributed by atoms with Crippen molar-refractivity contribution in [3.05, 3.63) is 41.7 Å². The van der Waals surface area contributed by atoms with E-state index in [0.717, 1.165) is 5.56 Å². The maximum Gasteiger partial charge on any atom is 0.322 e. The molecule has 2 N–H and O–H groups in total. The number of ether oxygens (including phenoxy) is 1. The Morgan fingerprint density at radius 1 is 1.19 bits per heavy atom. The maximum atomic E-state index is 12.6. The van der Waals surface area contributed by atoms with Gasteiger partial charge in [0.1, 0.15) is 12.3 Å². The zero-order valence-corrected chi connectivity index (χ0v) is 15.9. The summed E-state index contributed by atoms with van der Waals surface area (Å²) >= 11 is 0. The average molecular weight is 374 g/mol. The number of nitrogens with one attached hydrogen (secondary N) is 2. The van der Waals surface area contributed by atoms with Gasteiger partial charge in [0.2, 0.25) is 5.91 Å². The summed E-state index contributed by atoms with van der Waals surface area (Å²) in [5.41, 5.74) is 1.77. The second-order valence-corrected chi connectivity index (χ2v) is 6.14. The highest BCUT2D eigenvalue weighted by Gasteiger charge is 2.18. The van der Waals surface area contributed by atoms with Crippen LogP contribution in [0.25, 0.3) is 0 Å². The van der Waals surface area contributed by atoms with E-state index < -0.39 is 0 Å². The Labute approximate surface area is 158 Å². The van der Waals surface area contributed by atoms with Crippen LogP contribution >= 0.6 is 0 Å². The number of hydrogen-bond donors (Lipinski definition) is 2. The lowest BCUT2D eigenvalue weighted by Gasteiger charge is -2.22. The van der Waals surface area contributed by atoms with Crippen molar-refractivity contribution >= 4 is 23.4 Å². The minimum Gasteiger partial charge on any atom is -0.382 e. The molecule has 3 amide bonds. The van der Waals surface area contributed by atoms with Crippen LogP contribution in [0.4, 0.5) is 16.3 Å². The van der Waals surface area contributed by atoms with Crippen LogP contribution in [0, 0.1) is 13.8 Å². The van der Waals surface area contributed by atoms with Gasteiger partial charge in [-0.15, -0.1) is 0 Å². The number of carbonyl (C=O) groups excluding carboxylic acids is 2. The number of hydrogen-bond acceptors (Lipinski definition) is 5. The number of aryl methyl sites for hydroxylation is 2. The number of rotatable bonds is 9. The van der Waals surface area contributed by atoms with Gasteiger partial charge in [-0.3, -0.25) is 4.79 Å². The maximum absolute atomic E-state index is 12.6. The number of anilines is 2. The van der Waals surface area contributed by atoms with Gasteiger partial charge in [-0.05, 0) is 39.3 Å². The average Bonchev–Trinajstić information content (AvgIpc) is 3.04. The quantitative estimate of drug-likeness (QED) is 0.657. The summed E-state index contributed by atoms with van der Waals surface area (Å²) in [4.78, 5) is 26.3. The number of nitrogens with zero attached hydrogens (tertiary/aromatic N) is 2. The van der Waals surface area contributed by atoms with Gasteiger partial charge in [0.05, 0.1) is 0 Å². The van der Waals surface area contributed by atoms with Gasteiger partial charge in [0, 0.05) is 31.5 Å². The van der Waals surface area contributed by atoms with E-state index in [1.165, 1.54) is 4.90 Å². The van der Waals surface area contributed by atoms with Crippen molar-refractivity contribution in [1.29, 1.82) is 0 Å². The Kier molecular flexibility index (Phi) is 7.81. The molecule has 1 heterocycles. The fraction of sp³-hybridized carbons (Fsp3) is 0.421. The molecule has 0 aliphatic rings. The van der Waals surface area contributed by atoms with Gasteiger partial charge in [-0.1, -0.05) is 22.9 Å². The van der Waals surface area contributed by atoms with Crippen molar-refractivity contribution < 1.29 is 18.8 Å². The Bertz CT molecular complexity index is 742. The third-order valence-corrected chi connectivity index (χ3v) is 3.74. The first-order valence-electron chi connectivity index (χ1n) is 8.91. The predicted octanol–water partition coefficient (Wildman–Crippen LogP) is 3.19. The number of amides is 3. The Morgan fingerprint density at radius 3 is 2.56 bits per heavy atom. The summed E-state index contributed by atoms with van der Waals surface area (Å²) in [5.74, 6) is 0.570. The van der Waals surface area contributed by atoms with Crippen LogP contribution in [0.3, 0.4) is 0 Å². The van der Waals surface area contributed by atoms with E-state index in [2.05, 4.69) is 15.8 Å². The fourth-order valence-electron chi connectivity index (χ4n) is 2.37. The van der Waals surface area contributed by atoms with Crippen molar-refractivity contribution in [2.45, 2.75) is 27.2 Å². The SMILES string of the molecule is CCOCCCN(CC(=O)Nc1cc(C)on1)C(=O)Nc1ccc(C)cc1. The first kappa shape index (κ1) is 20.4. The van der Waals surface area contributed by atoms with Crippen molar-refractivity contribution in [2.75, 3.05) is 36.9 Å². The first-order valence-corrected chi connectivity index (χ1v) is 8.91. The summed E-state index contributed by atoms with van der Waals surface area (Å²) in [6.07, 6.45) is 0.630. The van der Waals surface area contributed by atoms with E-state index in [1.54, 1.807) is 13.0 Å². The molecule has 1 aromatic heterocycles. The zero-order valence-electron chi connectivity index (χ0n) is 15.9. The zero-order chi connectivity index (χ0) is 19.6. The molecular weight excluding hydrogens is 348 g/mol. The third kappa shape index (κ3) is 7.10. The molecule has 0 radical (unpaired) electrons. The van der Waals surface area contributed by atoms with Gasteiger partial charge in [0.15, 0.2) is 5.82 Å². The Hall–Kier alpha value is -2.87. The van der Waals surface area contributed by atoms with E-state index in [4.69, 9.17) is 9.26 Å². The van der Waals surface area contributed by atoms with Crippen LogP contribution < -0.4 is 10.6 Å².